The lowest BCUT2D eigenvalue weighted by molar-refractivity contribution is 0.670. The molecule has 0 aliphatic heterocycles. The van der Waals surface area contributed by atoms with E-state index < -0.39 is 0 Å². The summed E-state index contributed by atoms with van der Waals surface area (Å²) in [5.41, 5.74) is 6.71. The van der Waals surface area contributed by atoms with Crippen molar-refractivity contribution in [2.24, 2.45) is 0 Å². The summed E-state index contributed by atoms with van der Waals surface area (Å²) in [6, 6.07) is 46.7. The highest BCUT2D eigenvalue weighted by molar-refractivity contribution is 6.28. The molecule has 0 fully saturated rings. The average molecular weight is 496 g/mol. The zero-order valence-corrected chi connectivity index (χ0v) is 21.0. The molecular formula is C37H21NO. The molecule has 0 saturated heterocycles. The third-order valence-electron chi connectivity index (χ3n) is 7.86. The SMILES string of the molecule is N#Cc1cc(-c2cccc(-c3cccc4c3oc3ccccc34)c2)c2c3ccccc3c3ccccc3c2c1. The van der Waals surface area contributed by atoms with Crippen LogP contribution < -0.4 is 0 Å². The number of hydrogen-bond donors (Lipinski definition) is 0. The summed E-state index contributed by atoms with van der Waals surface area (Å²) in [6.45, 7) is 0. The van der Waals surface area contributed by atoms with E-state index in [1.807, 2.05) is 30.3 Å². The van der Waals surface area contributed by atoms with Crippen molar-refractivity contribution >= 4 is 54.3 Å². The summed E-state index contributed by atoms with van der Waals surface area (Å²) in [5, 5.41) is 19.3. The fourth-order valence-corrected chi connectivity index (χ4v) is 6.15. The van der Waals surface area contributed by atoms with Gasteiger partial charge in [-0.15, -0.1) is 0 Å². The predicted molar refractivity (Wildman–Crippen MR) is 162 cm³/mol. The molecule has 0 aliphatic carbocycles. The number of furan rings is 1. The lowest BCUT2D eigenvalue weighted by Crippen LogP contribution is -1.90. The van der Waals surface area contributed by atoms with Gasteiger partial charge in [-0.3, -0.25) is 0 Å². The van der Waals surface area contributed by atoms with Crippen molar-refractivity contribution in [1.82, 2.24) is 0 Å². The van der Waals surface area contributed by atoms with Crippen molar-refractivity contribution in [2.45, 2.75) is 0 Å². The van der Waals surface area contributed by atoms with Gasteiger partial charge in [0.2, 0.25) is 0 Å². The molecule has 2 heteroatoms. The lowest BCUT2D eigenvalue weighted by Gasteiger charge is -2.15. The highest BCUT2D eigenvalue weighted by atomic mass is 16.3. The number of para-hydroxylation sites is 2. The summed E-state index contributed by atoms with van der Waals surface area (Å²) in [5.74, 6) is 0. The van der Waals surface area contributed by atoms with Gasteiger partial charge in [0.15, 0.2) is 0 Å². The molecule has 2 nitrogen and oxygen atoms in total. The molecule has 0 unspecified atom stereocenters. The zero-order chi connectivity index (χ0) is 25.9. The number of rotatable bonds is 2. The molecule has 0 bridgehead atoms. The third-order valence-corrected chi connectivity index (χ3v) is 7.86. The Morgan fingerprint density at radius 1 is 0.462 bits per heavy atom. The van der Waals surface area contributed by atoms with Crippen molar-refractivity contribution in [3.63, 3.8) is 0 Å². The Morgan fingerprint density at radius 3 is 1.82 bits per heavy atom. The maximum absolute atomic E-state index is 10.0. The van der Waals surface area contributed by atoms with Crippen LogP contribution in [-0.4, -0.2) is 0 Å². The Kier molecular flexibility index (Phi) is 4.62. The van der Waals surface area contributed by atoms with Crippen LogP contribution in [0.15, 0.2) is 132 Å². The molecule has 1 aromatic heterocycles. The van der Waals surface area contributed by atoms with E-state index in [1.54, 1.807) is 0 Å². The van der Waals surface area contributed by atoms with Crippen LogP contribution in [0.25, 0.3) is 76.5 Å². The number of nitriles is 1. The van der Waals surface area contributed by atoms with Gasteiger partial charge in [-0.05, 0) is 73.3 Å². The van der Waals surface area contributed by atoms with E-state index in [0.29, 0.717) is 5.56 Å². The Hall–Kier alpha value is -5.39. The molecule has 8 rings (SSSR count). The second-order valence-corrected chi connectivity index (χ2v) is 10.0. The van der Waals surface area contributed by atoms with E-state index in [0.717, 1.165) is 55.0 Å². The molecule has 1 heterocycles. The summed E-state index contributed by atoms with van der Waals surface area (Å²) < 4.78 is 6.35. The minimum absolute atomic E-state index is 0.655. The highest BCUT2D eigenvalue weighted by Crippen LogP contribution is 2.42. The van der Waals surface area contributed by atoms with Gasteiger partial charge >= 0.3 is 0 Å². The second kappa shape index (κ2) is 8.31. The van der Waals surface area contributed by atoms with E-state index in [4.69, 9.17) is 4.42 Å². The minimum atomic E-state index is 0.655. The minimum Gasteiger partial charge on any atom is -0.455 e. The number of benzene rings is 7. The normalized spacial score (nSPS) is 11.6. The smallest absolute Gasteiger partial charge is 0.143 e. The molecular weight excluding hydrogens is 474 g/mol. The van der Waals surface area contributed by atoms with Crippen molar-refractivity contribution in [3.05, 3.63) is 133 Å². The molecule has 0 spiro atoms. The maximum atomic E-state index is 10.0. The molecule has 0 aliphatic rings. The maximum Gasteiger partial charge on any atom is 0.143 e. The Labute approximate surface area is 225 Å². The van der Waals surface area contributed by atoms with Gasteiger partial charge in [-0.25, -0.2) is 0 Å². The average Bonchev–Trinajstić information content (AvgIpc) is 3.39. The van der Waals surface area contributed by atoms with Crippen molar-refractivity contribution < 1.29 is 4.42 Å². The van der Waals surface area contributed by atoms with E-state index in [-0.39, 0.29) is 0 Å². The van der Waals surface area contributed by atoms with Crippen LogP contribution in [0.5, 0.6) is 0 Å². The fraction of sp³-hybridized carbons (Fsp3) is 0. The van der Waals surface area contributed by atoms with Crippen LogP contribution in [0.2, 0.25) is 0 Å². The molecule has 0 radical (unpaired) electrons. The fourth-order valence-electron chi connectivity index (χ4n) is 6.15. The molecule has 0 saturated carbocycles. The van der Waals surface area contributed by atoms with E-state index >= 15 is 0 Å². The predicted octanol–water partition coefficient (Wildman–Crippen LogP) is 10.3. The second-order valence-electron chi connectivity index (χ2n) is 10.0. The number of fused-ring (bicyclic) bond motifs is 9. The molecule has 0 N–H and O–H groups in total. The summed E-state index contributed by atoms with van der Waals surface area (Å²) >= 11 is 0. The summed E-state index contributed by atoms with van der Waals surface area (Å²) in [4.78, 5) is 0. The van der Waals surface area contributed by atoms with Crippen LogP contribution in [0, 0.1) is 11.3 Å². The summed E-state index contributed by atoms with van der Waals surface area (Å²) in [6.07, 6.45) is 0. The molecule has 39 heavy (non-hydrogen) atoms. The number of hydrogen-bond acceptors (Lipinski definition) is 2. The molecule has 8 aromatic rings. The van der Waals surface area contributed by atoms with Crippen LogP contribution >= 0.6 is 0 Å². The Balaban J connectivity index is 1.45. The highest BCUT2D eigenvalue weighted by Gasteiger charge is 2.16. The number of nitrogens with zero attached hydrogens (tertiary/aromatic N) is 1. The van der Waals surface area contributed by atoms with E-state index in [9.17, 15) is 5.26 Å². The summed E-state index contributed by atoms with van der Waals surface area (Å²) in [7, 11) is 0. The topological polar surface area (TPSA) is 36.9 Å². The van der Waals surface area contributed by atoms with Gasteiger partial charge in [0.1, 0.15) is 11.2 Å². The largest absolute Gasteiger partial charge is 0.455 e. The van der Waals surface area contributed by atoms with E-state index in [1.165, 1.54) is 21.5 Å². The van der Waals surface area contributed by atoms with Gasteiger partial charge in [0.25, 0.3) is 0 Å². The first-order valence-corrected chi connectivity index (χ1v) is 13.1. The quantitative estimate of drug-likeness (QED) is 0.224. The van der Waals surface area contributed by atoms with Crippen LogP contribution in [-0.2, 0) is 0 Å². The Bertz CT molecular complexity index is 2300. The van der Waals surface area contributed by atoms with Crippen molar-refractivity contribution in [3.8, 4) is 28.3 Å². The van der Waals surface area contributed by atoms with Gasteiger partial charge < -0.3 is 4.42 Å². The van der Waals surface area contributed by atoms with Crippen LogP contribution in [0.3, 0.4) is 0 Å². The van der Waals surface area contributed by atoms with Gasteiger partial charge in [-0.2, -0.15) is 5.26 Å². The molecule has 0 atom stereocenters. The van der Waals surface area contributed by atoms with Gasteiger partial charge in [-0.1, -0.05) is 103 Å². The van der Waals surface area contributed by atoms with Gasteiger partial charge in [0, 0.05) is 16.3 Å². The lowest BCUT2D eigenvalue weighted by atomic mass is 9.87. The standard InChI is InChI=1S/C37H21NO/c38-22-23-19-33(36-31-15-4-3-12-28(31)27-11-1-2-13-29(27)34(36)20-23)25-10-7-9-24(21-25)26-16-8-17-32-30-14-5-6-18-35(30)39-37(26)32/h1-21H. The third kappa shape index (κ3) is 3.21. The first-order chi connectivity index (χ1) is 19.3. The first-order valence-electron chi connectivity index (χ1n) is 13.1. The zero-order valence-electron chi connectivity index (χ0n) is 21.0. The van der Waals surface area contributed by atoms with Gasteiger partial charge in [0.05, 0.1) is 11.6 Å². The van der Waals surface area contributed by atoms with Crippen LogP contribution in [0.1, 0.15) is 5.56 Å². The molecule has 180 valence electrons. The van der Waals surface area contributed by atoms with Crippen molar-refractivity contribution in [2.75, 3.05) is 0 Å². The first kappa shape index (κ1) is 21.7. The molecule has 7 aromatic carbocycles. The van der Waals surface area contributed by atoms with Crippen molar-refractivity contribution in [1.29, 1.82) is 5.26 Å². The molecule has 0 amide bonds. The van der Waals surface area contributed by atoms with Crippen LogP contribution in [0.4, 0.5) is 0 Å². The Morgan fingerprint density at radius 2 is 1.05 bits per heavy atom. The monoisotopic (exact) mass is 495 g/mol. The van der Waals surface area contributed by atoms with E-state index in [2.05, 4.69) is 103 Å².